The quantitative estimate of drug-likeness (QED) is 0.267. The number of amides is 1. The van der Waals surface area contributed by atoms with Gasteiger partial charge in [-0.3, -0.25) is 9.69 Å². The van der Waals surface area contributed by atoms with Crippen LogP contribution in [0.15, 0.2) is 69.9 Å². The lowest BCUT2D eigenvalue weighted by molar-refractivity contribution is 0.0944. The standard InChI is InChI=1S/C27H23ClN4O3S/c28-21-6-3-7-23-24(21)30-27(36-23)32-14-12-31(13-15-32)11-10-29-25(33)20-16-19-18-5-2-1-4-17(18)8-9-22(19)35-26(20)34/h1-9,16H,10-15H2,(H,29,33). The summed E-state index contributed by atoms with van der Waals surface area (Å²) in [5, 5.41) is 7.28. The van der Waals surface area contributed by atoms with Gasteiger partial charge in [0.1, 0.15) is 16.7 Å². The lowest BCUT2D eigenvalue weighted by atomic mass is 10.0. The smallest absolute Gasteiger partial charge is 0.349 e. The van der Waals surface area contributed by atoms with E-state index in [-0.39, 0.29) is 5.56 Å². The predicted octanol–water partition coefficient (Wildman–Crippen LogP) is 4.76. The Kier molecular flexibility index (Phi) is 6.08. The molecule has 7 nitrogen and oxygen atoms in total. The van der Waals surface area contributed by atoms with Crippen molar-refractivity contribution in [2.24, 2.45) is 0 Å². The maximum atomic E-state index is 12.8. The van der Waals surface area contributed by atoms with E-state index in [0.717, 1.165) is 57.7 Å². The van der Waals surface area contributed by atoms with E-state index in [1.807, 2.05) is 48.5 Å². The minimum absolute atomic E-state index is 0.0261. The topological polar surface area (TPSA) is 78.7 Å². The molecule has 0 saturated carbocycles. The lowest BCUT2D eigenvalue weighted by Crippen LogP contribution is -2.48. The predicted molar refractivity (Wildman–Crippen MR) is 146 cm³/mol. The Bertz CT molecular complexity index is 1660. The van der Waals surface area contributed by atoms with Gasteiger partial charge in [-0.2, -0.15) is 0 Å². The first-order chi connectivity index (χ1) is 17.6. The van der Waals surface area contributed by atoms with Crippen LogP contribution < -0.4 is 15.8 Å². The monoisotopic (exact) mass is 518 g/mol. The number of thiazole rings is 1. The molecule has 6 rings (SSSR count). The van der Waals surface area contributed by atoms with Crippen LogP contribution in [0.4, 0.5) is 5.13 Å². The molecule has 1 aliphatic heterocycles. The lowest BCUT2D eigenvalue weighted by Gasteiger charge is -2.34. The highest BCUT2D eigenvalue weighted by molar-refractivity contribution is 7.22. The van der Waals surface area contributed by atoms with Crippen molar-refractivity contribution in [2.75, 3.05) is 44.2 Å². The number of nitrogens with zero attached hydrogens (tertiary/aromatic N) is 3. The Labute approximate surface area is 215 Å². The van der Waals surface area contributed by atoms with Crippen LogP contribution in [-0.2, 0) is 0 Å². The first-order valence-corrected chi connectivity index (χ1v) is 13.0. The molecule has 3 heterocycles. The van der Waals surface area contributed by atoms with Crippen molar-refractivity contribution >= 4 is 65.9 Å². The van der Waals surface area contributed by atoms with Gasteiger partial charge in [0.25, 0.3) is 5.91 Å². The molecule has 3 aromatic carbocycles. The van der Waals surface area contributed by atoms with Gasteiger partial charge in [-0.15, -0.1) is 0 Å². The number of hydrogen-bond donors (Lipinski definition) is 1. The summed E-state index contributed by atoms with van der Waals surface area (Å²) in [6.07, 6.45) is 0. The Morgan fingerprint density at radius 3 is 2.69 bits per heavy atom. The van der Waals surface area contributed by atoms with Crippen LogP contribution in [0, 0.1) is 0 Å². The third-order valence-corrected chi connectivity index (χ3v) is 7.99. The third kappa shape index (κ3) is 4.32. The van der Waals surface area contributed by atoms with Crippen molar-refractivity contribution in [3.05, 3.63) is 81.7 Å². The number of para-hydroxylation sites is 1. The van der Waals surface area contributed by atoms with Crippen LogP contribution in [0.1, 0.15) is 10.4 Å². The van der Waals surface area contributed by atoms with E-state index in [4.69, 9.17) is 21.0 Å². The highest BCUT2D eigenvalue weighted by atomic mass is 35.5. The summed E-state index contributed by atoms with van der Waals surface area (Å²) >= 11 is 7.94. The molecule has 0 bridgehead atoms. The molecule has 1 aliphatic rings. The van der Waals surface area contributed by atoms with Crippen molar-refractivity contribution in [3.63, 3.8) is 0 Å². The number of aromatic nitrogens is 1. The first-order valence-electron chi connectivity index (χ1n) is 11.8. The van der Waals surface area contributed by atoms with Crippen LogP contribution >= 0.6 is 22.9 Å². The average molecular weight is 519 g/mol. The van der Waals surface area contributed by atoms with E-state index < -0.39 is 11.5 Å². The third-order valence-electron chi connectivity index (χ3n) is 6.60. The minimum Gasteiger partial charge on any atom is -0.422 e. The van der Waals surface area contributed by atoms with Gasteiger partial charge < -0.3 is 14.6 Å². The highest BCUT2D eigenvalue weighted by Gasteiger charge is 2.21. The number of rotatable bonds is 5. The zero-order valence-electron chi connectivity index (χ0n) is 19.4. The van der Waals surface area contributed by atoms with Crippen molar-refractivity contribution in [3.8, 4) is 0 Å². The van der Waals surface area contributed by atoms with Gasteiger partial charge in [0.2, 0.25) is 0 Å². The van der Waals surface area contributed by atoms with E-state index >= 15 is 0 Å². The van der Waals surface area contributed by atoms with E-state index in [1.54, 1.807) is 23.5 Å². The number of halogens is 1. The molecule has 5 aromatic rings. The maximum absolute atomic E-state index is 12.8. The minimum atomic E-state index is -0.625. The summed E-state index contributed by atoms with van der Waals surface area (Å²) in [7, 11) is 0. The van der Waals surface area contributed by atoms with Crippen LogP contribution in [0.3, 0.4) is 0 Å². The fourth-order valence-electron chi connectivity index (χ4n) is 4.65. The molecule has 9 heteroatoms. The Hall–Kier alpha value is -3.46. The molecule has 1 fully saturated rings. The second-order valence-corrected chi connectivity index (χ2v) is 10.2. The molecule has 1 N–H and O–H groups in total. The molecule has 0 spiro atoms. The van der Waals surface area contributed by atoms with Crippen molar-refractivity contribution < 1.29 is 9.21 Å². The normalized spacial score (nSPS) is 14.6. The largest absolute Gasteiger partial charge is 0.422 e. The summed E-state index contributed by atoms with van der Waals surface area (Å²) in [6.45, 7) is 4.59. The number of piperazine rings is 1. The number of carbonyl (C=O) groups is 1. The number of hydrogen-bond acceptors (Lipinski definition) is 7. The molecule has 0 atom stereocenters. The SMILES string of the molecule is O=C(NCCN1CCN(c2nc3c(Cl)cccc3s2)CC1)c1cc2c(ccc3ccccc32)oc1=O. The second kappa shape index (κ2) is 9.54. The fourth-order valence-corrected chi connectivity index (χ4v) is 5.97. The molecule has 0 radical (unpaired) electrons. The second-order valence-electron chi connectivity index (χ2n) is 8.81. The summed E-state index contributed by atoms with van der Waals surface area (Å²) in [4.78, 5) is 34.6. The van der Waals surface area contributed by atoms with E-state index in [0.29, 0.717) is 23.7 Å². The van der Waals surface area contributed by atoms with Gasteiger partial charge in [0.05, 0.1) is 9.72 Å². The molecule has 182 valence electrons. The van der Waals surface area contributed by atoms with Crippen LogP contribution in [0.5, 0.6) is 0 Å². The number of fused-ring (bicyclic) bond motifs is 4. The van der Waals surface area contributed by atoms with Gasteiger partial charge in [-0.05, 0) is 35.0 Å². The maximum Gasteiger partial charge on any atom is 0.349 e. The number of carbonyl (C=O) groups excluding carboxylic acids is 1. The summed E-state index contributed by atoms with van der Waals surface area (Å²) in [6, 6.07) is 19.0. The van der Waals surface area contributed by atoms with Crippen LogP contribution in [0.2, 0.25) is 5.02 Å². The summed E-state index contributed by atoms with van der Waals surface area (Å²) in [5.41, 5.74) is 0.733. The van der Waals surface area contributed by atoms with Gasteiger partial charge in [-0.1, -0.05) is 59.3 Å². The van der Waals surface area contributed by atoms with Crippen molar-refractivity contribution in [1.82, 2.24) is 15.2 Å². The summed E-state index contributed by atoms with van der Waals surface area (Å²) < 4.78 is 6.55. The average Bonchev–Trinajstić information content (AvgIpc) is 3.34. The summed E-state index contributed by atoms with van der Waals surface area (Å²) in [5.74, 6) is -0.413. The van der Waals surface area contributed by atoms with Crippen LogP contribution in [0.25, 0.3) is 32.0 Å². The zero-order chi connectivity index (χ0) is 24.6. The molecule has 1 saturated heterocycles. The zero-order valence-corrected chi connectivity index (χ0v) is 20.9. The van der Waals surface area contributed by atoms with E-state index in [9.17, 15) is 9.59 Å². The van der Waals surface area contributed by atoms with Gasteiger partial charge in [-0.25, -0.2) is 9.78 Å². The van der Waals surface area contributed by atoms with E-state index in [1.165, 1.54) is 0 Å². The number of anilines is 1. The van der Waals surface area contributed by atoms with Gasteiger partial charge >= 0.3 is 5.63 Å². The van der Waals surface area contributed by atoms with Crippen LogP contribution in [-0.4, -0.2) is 55.1 Å². The Balaban J connectivity index is 1.07. The molecule has 36 heavy (non-hydrogen) atoms. The fraction of sp³-hybridized carbons (Fsp3) is 0.222. The molecule has 2 aromatic heterocycles. The van der Waals surface area contributed by atoms with Gasteiger partial charge in [0, 0.05) is 44.7 Å². The number of nitrogens with one attached hydrogen (secondary N) is 1. The van der Waals surface area contributed by atoms with Crippen molar-refractivity contribution in [1.29, 1.82) is 0 Å². The molecular weight excluding hydrogens is 496 g/mol. The molecule has 0 unspecified atom stereocenters. The molecule has 1 amide bonds. The highest BCUT2D eigenvalue weighted by Crippen LogP contribution is 2.33. The first kappa shape index (κ1) is 23.0. The van der Waals surface area contributed by atoms with Gasteiger partial charge in [0.15, 0.2) is 5.13 Å². The Morgan fingerprint density at radius 2 is 1.86 bits per heavy atom. The van der Waals surface area contributed by atoms with Crippen molar-refractivity contribution in [2.45, 2.75) is 0 Å². The number of benzene rings is 3. The molecular formula is C27H23ClN4O3S. The molecule has 0 aliphatic carbocycles. The van der Waals surface area contributed by atoms with E-state index in [2.05, 4.69) is 15.1 Å². The Morgan fingerprint density at radius 1 is 1.03 bits per heavy atom.